The number of halogens is 1. The van der Waals surface area contributed by atoms with Crippen molar-refractivity contribution in [3.8, 4) is 0 Å². The van der Waals surface area contributed by atoms with Crippen LogP contribution < -0.4 is 15.5 Å². The predicted octanol–water partition coefficient (Wildman–Crippen LogP) is 3.23. The standard InChI is InChI=1S/C23H29FN4O/c24-20-6-8-22(9-7-20)28-13-10-19(16-28)14-25-23(29)26-21-11-12-27(17-21)15-18-4-2-1-3-5-18/h1-9,19,21H,10-17H2,(H2,25,26,29)/t19-,21+/m1/s1. The molecule has 2 amide bonds. The first-order valence-corrected chi connectivity index (χ1v) is 10.5. The normalized spacial score (nSPS) is 22.0. The fourth-order valence-corrected chi connectivity index (χ4v) is 4.29. The zero-order chi connectivity index (χ0) is 20.1. The second-order valence-corrected chi connectivity index (χ2v) is 8.14. The van der Waals surface area contributed by atoms with Crippen LogP contribution in [0.5, 0.6) is 0 Å². The molecule has 2 fully saturated rings. The Labute approximate surface area is 171 Å². The summed E-state index contributed by atoms with van der Waals surface area (Å²) < 4.78 is 13.1. The van der Waals surface area contributed by atoms with E-state index in [-0.39, 0.29) is 17.9 Å². The molecule has 0 saturated carbocycles. The van der Waals surface area contributed by atoms with E-state index in [0.29, 0.717) is 12.5 Å². The first-order valence-electron chi connectivity index (χ1n) is 10.5. The van der Waals surface area contributed by atoms with Gasteiger partial charge in [-0.05, 0) is 48.6 Å². The van der Waals surface area contributed by atoms with Crippen molar-refractivity contribution >= 4 is 11.7 Å². The molecule has 154 valence electrons. The molecule has 0 unspecified atom stereocenters. The van der Waals surface area contributed by atoms with E-state index in [1.165, 1.54) is 17.7 Å². The number of amides is 2. The Morgan fingerprint density at radius 1 is 1.00 bits per heavy atom. The van der Waals surface area contributed by atoms with E-state index in [2.05, 4.69) is 44.7 Å². The lowest BCUT2D eigenvalue weighted by molar-refractivity contribution is 0.234. The number of likely N-dealkylation sites (tertiary alicyclic amines) is 1. The van der Waals surface area contributed by atoms with Gasteiger partial charge in [0.05, 0.1) is 0 Å². The fraction of sp³-hybridized carbons (Fsp3) is 0.435. The lowest BCUT2D eigenvalue weighted by Gasteiger charge is -2.19. The summed E-state index contributed by atoms with van der Waals surface area (Å²) in [4.78, 5) is 17.0. The number of carbonyl (C=O) groups excluding carboxylic acids is 1. The Bertz CT molecular complexity index is 798. The largest absolute Gasteiger partial charge is 0.371 e. The van der Waals surface area contributed by atoms with Gasteiger partial charge in [-0.3, -0.25) is 4.90 Å². The average Bonchev–Trinajstić information content (AvgIpc) is 3.37. The van der Waals surface area contributed by atoms with E-state index in [0.717, 1.165) is 51.3 Å². The van der Waals surface area contributed by atoms with Crippen LogP contribution in [0.4, 0.5) is 14.9 Å². The van der Waals surface area contributed by atoms with Crippen LogP contribution >= 0.6 is 0 Å². The van der Waals surface area contributed by atoms with Crippen LogP contribution in [0.25, 0.3) is 0 Å². The highest BCUT2D eigenvalue weighted by molar-refractivity contribution is 5.74. The number of hydrogen-bond donors (Lipinski definition) is 2. The van der Waals surface area contributed by atoms with Gasteiger partial charge in [0.15, 0.2) is 0 Å². The molecule has 0 aromatic heterocycles. The van der Waals surface area contributed by atoms with E-state index in [9.17, 15) is 9.18 Å². The highest BCUT2D eigenvalue weighted by atomic mass is 19.1. The van der Waals surface area contributed by atoms with Gasteiger partial charge in [-0.1, -0.05) is 30.3 Å². The molecule has 5 nitrogen and oxygen atoms in total. The van der Waals surface area contributed by atoms with Gasteiger partial charge < -0.3 is 15.5 Å². The molecular formula is C23H29FN4O. The van der Waals surface area contributed by atoms with E-state index in [4.69, 9.17) is 0 Å². The molecule has 2 atom stereocenters. The molecule has 2 N–H and O–H groups in total. The number of carbonyl (C=O) groups is 1. The van der Waals surface area contributed by atoms with Gasteiger partial charge >= 0.3 is 6.03 Å². The summed E-state index contributed by atoms with van der Waals surface area (Å²) in [6.07, 6.45) is 2.02. The van der Waals surface area contributed by atoms with Crippen molar-refractivity contribution in [1.29, 1.82) is 0 Å². The lowest BCUT2D eigenvalue weighted by atomic mass is 10.1. The topological polar surface area (TPSA) is 47.6 Å². The predicted molar refractivity (Wildman–Crippen MR) is 113 cm³/mol. The molecule has 0 radical (unpaired) electrons. The Kier molecular flexibility index (Phi) is 6.30. The number of hydrogen-bond acceptors (Lipinski definition) is 3. The van der Waals surface area contributed by atoms with Crippen molar-refractivity contribution in [3.05, 3.63) is 66.0 Å². The highest BCUT2D eigenvalue weighted by Gasteiger charge is 2.26. The van der Waals surface area contributed by atoms with Gasteiger partial charge in [-0.15, -0.1) is 0 Å². The van der Waals surface area contributed by atoms with Crippen molar-refractivity contribution in [1.82, 2.24) is 15.5 Å². The first-order chi connectivity index (χ1) is 14.2. The maximum atomic E-state index is 13.1. The molecule has 0 aliphatic carbocycles. The van der Waals surface area contributed by atoms with Gasteiger partial charge in [0.1, 0.15) is 5.82 Å². The zero-order valence-corrected chi connectivity index (χ0v) is 16.7. The van der Waals surface area contributed by atoms with Crippen LogP contribution in [0.2, 0.25) is 0 Å². The molecule has 2 aromatic carbocycles. The average molecular weight is 397 g/mol. The molecule has 0 spiro atoms. The molecular weight excluding hydrogens is 367 g/mol. The van der Waals surface area contributed by atoms with Crippen LogP contribution in [-0.2, 0) is 6.54 Å². The molecule has 0 bridgehead atoms. The number of anilines is 1. The summed E-state index contributed by atoms with van der Waals surface area (Å²) in [5.41, 5.74) is 2.35. The molecule has 29 heavy (non-hydrogen) atoms. The summed E-state index contributed by atoms with van der Waals surface area (Å²) in [5.74, 6) is 0.209. The lowest BCUT2D eigenvalue weighted by Crippen LogP contribution is -2.44. The van der Waals surface area contributed by atoms with Crippen molar-refractivity contribution < 1.29 is 9.18 Å². The molecule has 2 heterocycles. The van der Waals surface area contributed by atoms with Crippen LogP contribution in [0, 0.1) is 11.7 Å². The number of nitrogens with one attached hydrogen (secondary N) is 2. The van der Waals surface area contributed by atoms with E-state index in [1.54, 1.807) is 0 Å². The molecule has 2 saturated heterocycles. The second-order valence-electron chi connectivity index (χ2n) is 8.14. The maximum Gasteiger partial charge on any atom is 0.315 e. The van der Waals surface area contributed by atoms with Gasteiger partial charge in [-0.25, -0.2) is 9.18 Å². The van der Waals surface area contributed by atoms with Crippen molar-refractivity contribution in [3.63, 3.8) is 0 Å². The fourth-order valence-electron chi connectivity index (χ4n) is 4.29. The molecule has 2 aliphatic rings. The summed E-state index contributed by atoms with van der Waals surface area (Å²) >= 11 is 0. The van der Waals surface area contributed by atoms with Gasteiger partial charge in [-0.2, -0.15) is 0 Å². The maximum absolute atomic E-state index is 13.1. The molecule has 2 aromatic rings. The number of urea groups is 1. The van der Waals surface area contributed by atoms with Gasteiger partial charge in [0, 0.05) is 51.0 Å². The number of nitrogens with zero attached hydrogens (tertiary/aromatic N) is 2. The van der Waals surface area contributed by atoms with Crippen LogP contribution in [0.3, 0.4) is 0 Å². The molecule has 2 aliphatic heterocycles. The Balaban J connectivity index is 1.16. The Morgan fingerprint density at radius 2 is 1.79 bits per heavy atom. The van der Waals surface area contributed by atoms with Crippen LogP contribution in [0.15, 0.2) is 54.6 Å². The summed E-state index contributed by atoms with van der Waals surface area (Å²) in [5, 5.41) is 6.16. The third-order valence-electron chi connectivity index (χ3n) is 5.89. The zero-order valence-electron chi connectivity index (χ0n) is 16.7. The smallest absolute Gasteiger partial charge is 0.315 e. The van der Waals surface area contributed by atoms with Gasteiger partial charge in [0.25, 0.3) is 0 Å². The quantitative estimate of drug-likeness (QED) is 0.788. The van der Waals surface area contributed by atoms with E-state index < -0.39 is 0 Å². The molecule has 6 heteroatoms. The number of benzene rings is 2. The molecule has 4 rings (SSSR count). The van der Waals surface area contributed by atoms with Crippen molar-refractivity contribution in [2.24, 2.45) is 5.92 Å². The summed E-state index contributed by atoms with van der Waals surface area (Å²) in [6, 6.07) is 17.2. The number of rotatable bonds is 6. The van der Waals surface area contributed by atoms with E-state index >= 15 is 0 Å². The van der Waals surface area contributed by atoms with Crippen LogP contribution in [0.1, 0.15) is 18.4 Å². The minimum atomic E-state index is -0.211. The van der Waals surface area contributed by atoms with Gasteiger partial charge in [0.2, 0.25) is 0 Å². The summed E-state index contributed by atoms with van der Waals surface area (Å²) in [7, 11) is 0. The Hall–Kier alpha value is -2.60. The second kappa shape index (κ2) is 9.27. The highest BCUT2D eigenvalue weighted by Crippen LogP contribution is 2.23. The third-order valence-corrected chi connectivity index (χ3v) is 5.89. The monoisotopic (exact) mass is 396 g/mol. The van der Waals surface area contributed by atoms with E-state index in [1.807, 2.05) is 18.2 Å². The van der Waals surface area contributed by atoms with Crippen molar-refractivity contribution in [2.45, 2.75) is 25.4 Å². The Morgan fingerprint density at radius 3 is 2.59 bits per heavy atom. The SMILES string of the molecule is O=C(NC[C@H]1CCN(c2ccc(F)cc2)C1)N[C@H]1CCN(Cc2ccccc2)C1. The first kappa shape index (κ1) is 19.7. The van der Waals surface area contributed by atoms with Crippen molar-refractivity contribution in [2.75, 3.05) is 37.6 Å². The minimum absolute atomic E-state index is 0.0724. The summed E-state index contributed by atoms with van der Waals surface area (Å²) in [6.45, 7) is 5.34. The van der Waals surface area contributed by atoms with Crippen LogP contribution in [-0.4, -0.2) is 49.7 Å². The third kappa shape index (κ3) is 5.48. The minimum Gasteiger partial charge on any atom is -0.371 e.